The molecule has 0 unspecified atom stereocenters. The van der Waals surface area contributed by atoms with Gasteiger partial charge in [0, 0.05) is 24.2 Å². The van der Waals surface area contributed by atoms with Crippen LogP contribution in [-0.4, -0.2) is 30.7 Å². The minimum absolute atomic E-state index is 0.0498. The van der Waals surface area contributed by atoms with Crippen molar-refractivity contribution in [2.75, 3.05) is 6.26 Å². The molecule has 0 aliphatic heterocycles. The molecular weight excluding hydrogens is 290 g/mol. The van der Waals surface area contributed by atoms with Crippen molar-refractivity contribution in [2.45, 2.75) is 4.90 Å². The maximum Gasteiger partial charge on any atom is 0.336 e. The van der Waals surface area contributed by atoms with E-state index in [2.05, 4.69) is 4.98 Å². The Morgan fingerprint density at radius 3 is 2.57 bits per heavy atom. The Labute approximate surface area is 122 Å². The number of carbonyl (C=O) groups is 1. The number of sulfone groups is 1. The molecule has 0 spiro atoms. The van der Waals surface area contributed by atoms with Crippen molar-refractivity contribution in [2.24, 2.45) is 0 Å². The van der Waals surface area contributed by atoms with Crippen LogP contribution in [0.15, 0.2) is 53.7 Å². The normalized spacial score (nSPS) is 12.1. The van der Waals surface area contributed by atoms with E-state index in [1.807, 2.05) is 0 Å². The quantitative estimate of drug-likeness (QED) is 0.874. The Morgan fingerprint density at radius 1 is 1.24 bits per heavy atom. The van der Waals surface area contributed by atoms with E-state index in [1.165, 1.54) is 24.4 Å². The lowest BCUT2D eigenvalue weighted by Gasteiger charge is -2.04. The second-order valence-electron chi connectivity index (χ2n) is 4.45. The van der Waals surface area contributed by atoms with Gasteiger partial charge in [0.1, 0.15) is 0 Å². The third kappa shape index (κ3) is 3.76. The van der Waals surface area contributed by atoms with Crippen molar-refractivity contribution in [1.82, 2.24) is 4.98 Å². The van der Waals surface area contributed by atoms with Crippen LogP contribution in [0.2, 0.25) is 0 Å². The van der Waals surface area contributed by atoms with Crippen LogP contribution in [0.1, 0.15) is 11.1 Å². The van der Waals surface area contributed by atoms with Gasteiger partial charge < -0.3 is 5.11 Å². The highest BCUT2D eigenvalue weighted by Gasteiger charge is 2.12. The second-order valence-corrected chi connectivity index (χ2v) is 6.47. The van der Waals surface area contributed by atoms with Crippen LogP contribution in [0.4, 0.5) is 0 Å². The zero-order valence-corrected chi connectivity index (χ0v) is 12.0. The van der Waals surface area contributed by atoms with Gasteiger partial charge in [0.05, 0.1) is 10.5 Å². The lowest BCUT2D eigenvalue weighted by Crippen LogP contribution is -2.00. The predicted octanol–water partition coefficient (Wildman–Crippen LogP) is 2.11. The summed E-state index contributed by atoms with van der Waals surface area (Å²) in [5.74, 6) is -1.10. The molecule has 0 saturated carbocycles. The minimum Gasteiger partial charge on any atom is -0.478 e. The van der Waals surface area contributed by atoms with Crippen LogP contribution in [-0.2, 0) is 14.6 Å². The van der Waals surface area contributed by atoms with Gasteiger partial charge in [-0.25, -0.2) is 13.2 Å². The first-order chi connectivity index (χ1) is 9.88. The highest BCUT2D eigenvalue weighted by Crippen LogP contribution is 2.19. The second kappa shape index (κ2) is 5.88. The molecule has 0 atom stereocenters. The molecule has 0 amide bonds. The summed E-state index contributed by atoms with van der Waals surface area (Å²) in [7, 11) is -3.34. The molecule has 6 heteroatoms. The summed E-state index contributed by atoms with van der Waals surface area (Å²) in [5, 5.41) is 9.30. The third-order valence-corrected chi connectivity index (χ3v) is 3.91. The molecule has 0 aliphatic rings. The fourth-order valence-corrected chi connectivity index (χ4v) is 2.47. The van der Waals surface area contributed by atoms with Gasteiger partial charge in [0.25, 0.3) is 0 Å². The molecule has 2 rings (SSSR count). The molecule has 1 aromatic carbocycles. The average molecular weight is 303 g/mol. The largest absolute Gasteiger partial charge is 0.478 e. The summed E-state index contributed by atoms with van der Waals surface area (Å²) in [4.78, 5) is 15.4. The van der Waals surface area contributed by atoms with Crippen LogP contribution >= 0.6 is 0 Å². The summed E-state index contributed by atoms with van der Waals surface area (Å²) >= 11 is 0. The van der Waals surface area contributed by atoms with Crippen LogP contribution < -0.4 is 0 Å². The number of rotatable bonds is 4. The van der Waals surface area contributed by atoms with E-state index in [4.69, 9.17) is 0 Å². The van der Waals surface area contributed by atoms with Gasteiger partial charge >= 0.3 is 5.97 Å². The van der Waals surface area contributed by atoms with Crippen molar-refractivity contribution < 1.29 is 18.3 Å². The molecule has 1 N–H and O–H groups in total. The summed E-state index contributed by atoms with van der Waals surface area (Å²) in [6.45, 7) is 0. The molecule has 1 heterocycles. The molecule has 21 heavy (non-hydrogen) atoms. The van der Waals surface area contributed by atoms with Gasteiger partial charge in [0.2, 0.25) is 0 Å². The minimum atomic E-state index is -3.34. The van der Waals surface area contributed by atoms with Gasteiger partial charge in [0.15, 0.2) is 9.84 Å². The van der Waals surface area contributed by atoms with Crippen LogP contribution in [0.25, 0.3) is 11.6 Å². The number of hydrogen-bond acceptors (Lipinski definition) is 4. The highest BCUT2D eigenvalue weighted by molar-refractivity contribution is 7.90. The SMILES string of the molecule is CS(=O)(=O)c1cccc(C=C(C(=O)O)c2cccnc2)c1. The molecule has 0 radical (unpaired) electrons. The van der Waals surface area contributed by atoms with Crippen LogP contribution in [0.5, 0.6) is 0 Å². The number of benzene rings is 1. The van der Waals surface area contributed by atoms with Gasteiger partial charge in [-0.3, -0.25) is 4.98 Å². The number of nitrogens with zero attached hydrogens (tertiary/aromatic N) is 1. The summed E-state index contributed by atoms with van der Waals surface area (Å²) in [6.07, 6.45) is 5.52. The molecule has 2 aromatic rings. The van der Waals surface area contributed by atoms with E-state index in [-0.39, 0.29) is 10.5 Å². The fraction of sp³-hybridized carbons (Fsp3) is 0.0667. The number of aliphatic carboxylic acids is 1. The number of aromatic nitrogens is 1. The maximum atomic E-state index is 11.5. The monoisotopic (exact) mass is 303 g/mol. The Hall–Kier alpha value is -2.47. The van der Waals surface area contributed by atoms with Gasteiger partial charge in [-0.2, -0.15) is 0 Å². The van der Waals surface area contributed by atoms with Crippen molar-refractivity contribution in [3.05, 3.63) is 59.9 Å². The molecule has 108 valence electrons. The molecule has 0 bridgehead atoms. The lowest BCUT2D eigenvalue weighted by atomic mass is 10.0. The van der Waals surface area contributed by atoms with E-state index in [0.29, 0.717) is 11.1 Å². The fourth-order valence-electron chi connectivity index (χ4n) is 1.79. The van der Waals surface area contributed by atoms with Gasteiger partial charge in [-0.15, -0.1) is 0 Å². The average Bonchev–Trinajstić information content (AvgIpc) is 2.45. The van der Waals surface area contributed by atoms with E-state index in [1.54, 1.807) is 30.5 Å². The molecule has 0 fully saturated rings. The standard InChI is InChI=1S/C15H13NO4S/c1-21(19,20)13-6-2-4-11(8-13)9-14(15(17)18)12-5-3-7-16-10-12/h2-10H,1H3,(H,17,18). The maximum absolute atomic E-state index is 11.5. The Morgan fingerprint density at radius 2 is 2.00 bits per heavy atom. The lowest BCUT2D eigenvalue weighted by molar-refractivity contribution is -0.130. The topological polar surface area (TPSA) is 84.3 Å². The van der Waals surface area contributed by atoms with Crippen molar-refractivity contribution in [3.63, 3.8) is 0 Å². The van der Waals surface area contributed by atoms with E-state index < -0.39 is 15.8 Å². The first kappa shape index (κ1) is 14.9. The van der Waals surface area contributed by atoms with Gasteiger partial charge in [-0.1, -0.05) is 18.2 Å². The first-order valence-corrected chi connectivity index (χ1v) is 7.92. The Balaban J connectivity index is 2.52. The molecule has 1 aromatic heterocycles. The number of carboxylic acids is 1. The van der Waals surface area contributed by atoms with Crippen molar-refractivity contribution >= 4 is 27.5 Å². The Kier molecular flexibility index (Phi) is 4.18. The predicted molar refractivity (Wildman–Crippen MR) is 79.3 cm³/mol. The van der Waals surface area contributed by atoms with Gasteiger partial charge in [-0.05, 0) is 29.8 Å². The zero-order chi connectivity index (χ0) is 15.5. The molecule has 5 nitrogen and oxygen atoms in total. The van der Waals surface area contributed by atoms with E-state index >= 15 is 0 Å². The molecule has 0 aliphatic carbocycles. The smallest absolute Gasteiger partial charge is 0.336 e. The third-order valence-electron chi connectivity index (χ3n) is 2.80. The summed E-state index contributed by atoms with van der Waals surface area (Å²) in [5.41, 5.74) is 1.00. The molecular formula is C15H13NO4S. The highest BCUT2D eigenvalue weighted by atomic mass is 32.2. The Bertz CT molecular complexity index is 795. The number of pyridine rings is 1. The van der Waals surface area contributed by atoms with E-state index in [9.17, 15) is 18.3 Å². The zero-order valence-electron chi connectivity index (χ0n) is 11.2. The van der Waals surface area contributed by atoms with Crippen molar-refractivity contribution in [1.29, 1.82) is 0 Å². The number of hydrogen-bond donors (Lipinski definition) is 1. The first-order valence-electron chi connectivity index (χ1n) is 6.03. The summed E-state index contributed by atoms with van der Waals surface area (Å²) < 4.78 is 23.1. The van der Waals surface area contributed by atoms with Crippen molar-refractivity contribution in [3.8, 4) is 0 Å². The molecule has 0 saturated heterocycles. The van der Waals surface area contributed by atoms with Crippen LogP contribution in [0, 0.1) is 0 Å². The van der Waals surface area contributed by atoms with E-state index in [0.717, 1.165) is 6.26 Å². The van der Waals surface area contributed by atoms with Crippen LogP contribution in [0.3, 0.4) is 0 Å². The summed E-state index contributed by atoms with van der Waals surface area (Å²) in [6, 6.07) is 9.40. The number of carboxylic acid groups (broad SMARTS) is 1.